The van der Waals surface area contributed by atoms with E-state index >= 15 is 0 Å². The summed E-state index contributed by atoms with van der Waals surface area (Å²) in [5.74, 6) is 1.24. The minimum Gasteiger partial charge on any atom is -0.484 e. The zero-order chi connectivity index (χ0) is 8.15. The zero-order valence-electron chi connectivity index (χ0n) is 7.51. The third kappa shape index (κ3) is 5.89. The van der Waals surface area contributed by atoms with E-state index in [1.807, 2.05) is 13.8 Å². The summed E-state index contributed by atoms with van der Waals surface area (Å²) >= 11 is 0. The van der Waals surface area contributed by atoms with Gasteiger partial charge in [-0.05, 0) is 13.8 Å². The van der Waals surface area contributed by atoms with Gasteiger partial charge in [-0.2, -0.15) is 0 Å². The van der Waals surface area contributed by atoms with E-state index in [0.717, 1.165) is 5.90 Å². The average molecular weight is 159 g/mol. The van der Waals surface area contributed by atoms with E-state index in [4.69, 9.17) is 4.74 Å². The van der Waals surface area contributed by atoms with Gasteiger partial charge >= 0.3 is 0 Å². The highest BCUT2D eigenvalue weighted by Gasteiger charge is 2.04. The second-order valence-electron chi connectivity index (χ2n) is 2.92. The van der Waals surface area contributed by atoms with Crippen LogP contribution in [-0.4, -0.2) is 19.0 Å². The van der Waals surface area contributed by atoms with Gasteiger partial charge in [0.1, 0.15) is 0 Å². The number of rotatable bonds is 2. The van der Waals surface area contributed by atoms with Crippen molar-refractivity contribution >= 4 is 5.90 Å². The standard InChI is InChI=1S/C8H17NO.CH4/c1-6(2)8(10-5)9-7(3)4;/h6-7H,1-5H3;1H4. The fraction of sp³-hybridized carbons (Fsp3) is 0.889. The maximum Gasteiger partial charge on any atom is 0.185 e. The predicted molar refractivity (Wildman–Crippen MR) is 51.1 cm³/mol. The molecule has 0 saturated heterocycles. The van der Waals surface area contributed by atoms with Crippen LogP contribution in [-0.2, 0) is 4.74 Å². The van der Waals surface area contributed by atoms with Gasteiger partial charge in [-0.15, -0.1) is 0 Å². The Hall–Kier alpha value is -0.530. The second kappa shape index (κ2) is 6.20. The second-order valence-corrected chi connectivity index (χ2v) is 2.92. The van der Waals surface area contributed by atoms with Crippen molar-refractivity contribution in [3.05, 3.63) is 0 Å². The molecule has 68 valence electrons. The molecule has 0 aromatic rings. The van der Waals surface area contributed by atoms with Gasteiger partial charge in [0.15, 0.2) is 5.90 Å². The molecule has 2 heteroatoms. The molecule has 11 heavy (non-hydrogen) atoms. The Morgan fingerprint density at radius 3 is 1.73 bits per heavy atom. The minimum atomic E-state index is 0. The van der Waals surface area contributed by atoms with Crippen molar-refractivity contribution in [2.24, 2.45) is 10.9 Å². The summed E-state index contributed by atoms with van der Waals surface area (Å²) in [4.78, 5) is 4.29. The predicted octanol–water partition coefficient (Wildman–Crippen LogP) is 2.73. The number of ether oxygens (including phenoxy) is 1. The van der Waals surface area contributed by atoms with E-state index in [2.05, 4.69) is 18.8 Å². The highest BCUT2D eigenvalue weighted by molar-refractivity contribution is 5.77. The van der Waals surface area contributed by atoms with Crippen LogP contribution in [0.4, 0.5) is 0 Å². The van der Waals surface area contributed by atoms with Gasteiger partial charge in [0, 0.05) is 12.0 Å². The summed E-state index contributed by atoms with van der Waals surface area (Å²) < 4.78 is 5.07. The lowest BCUT2D eigenvalue weighted by molar-refractivity contribution is 0.370. The molecule has 0 amide bonds. The highest BCUT2D eigenvalue weighted by atomic mass is 16.5. The van der Waals surface area contributed by atoms with Crippen molar-refractivity contribution in [2.75, 3.05) is 7.11 Å². The Morgan fingerprint density at radius 2 is 1.64 bits per heavy atom. The van der Waals surface area contributed by atoms with Gasteiger partial charge in [0.25, 0.3) is 0 Å². The molecular formula is C9H21NO. The fourth-order valence-electron chi connectivity index (χ4n) is 0.692. The van der Waals surface area contributed by atoms with Crippen molar-refractivity contribution < 1.29 is 4.74 Å². The normalized spacial score (nSPS) is 11.7. The van der Waals surface area contributed by atoms with Gasteiger partial charge in [-0.25, -0.2) is 0 Å². The molecule has 0 radical (unpaired) electrons. The molecule has 0 bridgehead atoms. The van der Waals surface area contributed by atoms with Crippen LogP contribution in [0.25, 0.3) is 0 Å². The van der Waals surface area contributed by atoms with Crippen molar-refractivity contribution in [3.63, 3.8) is 0 Å². The lowest BCUT2D eigenvalue weighted by Gasteiger charge is -2.09. The third-order valence-corrected chi connectivity index (χ3v) is 1.09. The third-order valence-electron chi connectivity index (χ3n) is 1.09. The van der Waals surface area contributed by atoms with E-state index in [-0.39, 0.29) is 7.43 Å². The van der Waals surface area contributed by atoms with Gasteiger partial charge in [0.2, 0.25) is 0 Å². The molecule has 0 N–H and O–H groups in total. The summed E-state index contributed by atoms with van der Waals surface area (Å²) in [6.07, 6.45) is 0. The molecule has 0 aliphatic carbocycles. The molecule has 2 nitrogen and oxygen atoms in total. The van der Waals surface area contributed by atoms with E-state index in [1.54, 1.807) is 7.11 Å². The van der Waals surface area contributed by atoms with E-state index < -0.39 is 0 Å². The lowest BCUT2D eigenvalue weighted by atomic mass is 10.2. The quantitative estimate of drug-likeness (QED) is 0.448. The Labute approximate surface area is 70.7 Å². The number of nitrogens with zero attached hydrogens (tertiary/aromatic N) is 1. The maximum atomic E-state index is 5.07. The molecule has 0 aliphatic heterocycles. The number of aliphatic imine (C=N–C) groups is 1. The molecule has 0 heterocycles. The molecule has 0 aromatic heterocycles. The Balaban J connectivity index is 0. The van der Waals surface area contributed by atoms with Crippen LogP contribution in [0.3, 0.4) is 0 Å². The van der Waals surface area contributed by atoms with Crippen LogP contribution >= 0.6 is 0 Å². The van der Waals surface area contributed by atoms with E-state index in [9.17, 15) is 0 Å². The zero-order valence-corrected chi connectivity index (χ0v) is 7.51. The minimum absolute atomic E-state index is 0. The first kappa shape index (κ1) is 13.1. The molecule has 0 unspecified atom stereocenters. The number of methoxy groups -OCH3 is 1. The Bertz CT molecular complexity index is 117. The maximum absolute atomic E-state index is 5.07. The topological polar surface area (TPSA) is 21.6 Å². The molecular weight excluding hydrogens is 138 g/mol. The number of hydrogen-bond donors (Lipinski definition) is 0. The van der Waals surface area contributed by atoms with Crippen LogP contribution in [0.15, 0.2) is 4.99 Å². The largest absolute Gasteiger partial charge is 0.484 e. The van der Waals surface area contributed by atoms with Crippen LogP contribution in [0.5, 0.6) is 0 Å². The monoisotopic (exact) mass is 159 g/mol. The summed E-state index contributed by atoms with van der Waals surface area (Å²) in [5, 5.41) is 0. The molecule has 0 aromatic carbocycles. The molecule has 0 atom stereocenters. The fourth-order valence-corrected chi connectivity index (χ4v) is 0.692. The van der Waals surface area contributed by atoms with Gasteiger partial charge in [0.05, 0.1) is 7.11 Å². The highest BCUT2D eigenvalue weighted by Crippen LogP contribution is 2.00. The van der Waals surface area contributed by atoms with E-state index in [1.165, 1.54) is 0 Å². The first-order valence-corrected chi connectivity index (χ1v) is 3.69. The SMILES string of the molecule is C.COC(=NC(C)C)C(C)C. The Morgan fingerprint density at radius 1 is 1.18 bits per heavy atom. The van der Waals surface area contributed by atoms with Gasteiger partial charge in [-0.1, -0.05) is 21.3 Å². The first-order valence-electron chi connectivity index (χ1n) is 3.69. The molecule has 0 fully saturated rings. The molecule has 0 aliphatic rings. The van der Waals surface area contributed by atoms with Crippen molar-refractivity contribution in [2.45, 2.75) is 41.2 Å². The first-order chi connectivity index (χ1) is 4.57. The molecule has 0 rings (SSSR count). The van der Waals surface area contributed by atoms with Crippen LogP contribution < -0.4 is 0 Å². The Kier molecular flexibility index (Phi) is 7.37. The van der Waals surface area contributed by atoms with Crippen LogP contribution in [0.2, 0.25) is 0 Å². The van der Waals surface area contributed by atoms with E-state index in [0.29, 0.717) is 12.0 Å². The van der Waals surface area contributed by atoms with Crippen LogP contribution in [0.1, 0.15) is 35.1 Å². The van der Waals surface area contributed by atoms with Crippen molar-refractivity contribution in [1.29, 1.82) is 0 Å². The molecule has 0 saturated carbocycles. The number of hydrogen-bond acceptors (Lipinski definition) is 2. The van der Waals surface area contributed by atoms with Gasteiger partial charge in [-0.3, -0.25) is 4.99 Å². The molecule has 0 spiro atoms. The van der Waals surface area contributed by atoms with Crippen molar-refractivity contribution in [3.8, 4) is 0 Å². The van der Waals surface area contributed by atoms with Gasteiger partial charge < -0.3 is 4.74 Å². The summed E-state index contributed by atoms with van der Waals surface area (Å²) in [7, 11) is 1.67. The summed E-state index contributed by atoms with van der Waals surface area (Å²) in [5.41, 5.74) is 0. The lowest BCUT2D eigenvalue weighted by Crippen LogP contribution is -2.12. The van der Waals surface area contributed by atoms with Crippen LogP contribution in [0, 0.1) is 5.92 Å². The summed E-state index contributed by atoms with van der Waals surface area (Å²) in [6.45, 7) is 8.23. The average Bonchev–Trinajstić information content (AvgIpc) is 1.81. The summed E-state index contributed by atoms with van der Waals surface area (Å²) in [6, 6.07) is 0.331. The van der Waals surface area contributed by atoms with Crippen molar-refractivity contribution in [1.82, 2.24) is 0 Å². The smallest absolute Gasteiger partial charge is 0.185 e.